The lowest BCUT2D eigenvalue weighted by molar-refractivity contribution is -0.915. The van der Waals surface area contributed by atoms with Crippen molar-refractivity contribution in [3.05, 3.63) is 35.9 Å². The summed E-state index contributed by atoms with van der Waals surface area (Å²) in [4.78, 5) is 1.68. The van der Waals surface area contributed by atoms with Crippen LogP contribution in [0.15, 0.2) is 30.3 Å². The first kappa shape index (κ1) is 13.6. The molecule has 1 heterocycles. The van der Waals surface area contributed by atoms with E-state index in [0.29, 0.717) is 5.41 Å². The van der Waals surface area contributed by atoms with Crippen LogP contribution in [-0.4, -0.2) is 26.2 Å². The number of quaternary nitrogens is 2. The van der Waals surface area contributed by atoms with Crippen LogP contribution in [0.1, 0.15) is 32.3 Å². The lowest BCUT2D eigenvalue weighted by Gasteiger charge is -2.47. The van der Waals surface area contributed by atoms with Crippen molar-refractivity contribution >= 4 is 0 Å². The summed E-state index contributed by atoms with van der Waals surface area (Å²) in [5.74, 6) is 0.734. The van der Waals surface area contributed by atoms with Gasteiger partial charge in [0.25, 0.3) is 0 Å². The summed E-state index contributed by atoms with van der Waals surface area (Å²) in [5, 5.41) is 0. The van der Waals surface area contributed by atoms with Crippen molar-refractivity contribution < 1.29 is 10.6 Å². The van der Waals surface area contributed by atoms with E-state index in [1.807, 2.05) is 0 Å². The van der Waals surface area contributed by atoms with Gasteiger partial charge < -0.3 is 10.6 Å². The Bertz CT molecular complexity index is 376. The molecule has 2 heteroatoms. The third kappa shape index (κ3) is 2.32. The van der Waals surface area contributed by atoms with Crippen molar-refractivity contribution in [3.8, 4) is 0 Å². The van der Waals surface area contributed by atoms with E-state index in [1.54, 1.807) is 4.90 Å². The number of hydrogen-bond donors (Lipinski definition) is 2. The standard InChI is InChI=1S/C16H26N2/c1-13-12-18(3)14(2)11-16(13,9-10-17)15-7-5-4-6-8-15/h4-8,13-14H,9-12,17H2,1-3H3/p+2. The Hall–Kier alpha value is -0.860. The van der Waals surface area contributed by atoms with Crippen molar-refractivity contribution in [2.75, 3.05) is 20.1 Å². The molecule has 1 aliphatic heterocycles. The topological polar surface area (TPSA) is 32.1 Å². The molecule has 100 valence electrons. The minimum absolute atomic E-state index is 0.349. The number of nitrogens with one attached hydrogen (secondary N) is 1. The van der Waals surface area contributed by atoms with E-state index in [-0.39, 0.29) is 0 Å². The molecule has 0 bridgehead atoms. The molecule has 1 aromatic carbocycles. The molecule has 1 saturated heterocycles. The van der Waals surface area contributed by atoms with E-state index in [2.05, 4.69) is 57.0 Å². The van der Waals surface area contributed by atoms with Crippen LogP contribution >= 0.6 is 0 Å². The maximum absolute atomic E-state index is 4.12. The molecule has 2 nitrogen and oxygen atoms in total. The normalized spacial score (nSPS) is 36.6. The van der Waals surface area contributed by atoms with E-state index in [4.69, 9.17) is 0 Å². The van der Waals surface area contributed by atoms with E-state index in [1.165, 1.54) is 24.9 Å². The SMILES string of the molecule is CC1CC(CC[NH3+])(c2ccccc2)C(C)C[NH+]1C. The molecule has 0 aliphatic carbocycles. The van der Waals surface area contributed by atoms with Crippen LogP contribution in [0.3, 0.4) is 0 Å². The first-order valence-corrected chi connectivity index (χ1v) is 7.27. The Labute approximate surface area is 111 Å². The highest BCUT2D eigenvalue weighted by Crippen LogP contribution is 2.40. The summed E-state index contributed by atoms with van der Waals surface area (Å²) in [6.45, 7) is 7.13. The van der Waals surface area contributed by atoms with Crippen molar-refractivity contribution in [1.82, 2.24) is 0 Å². The smallest absolute Gasteiger partial charge is 0.0852 e. The lowest BCUT2D eigenvalue weighted by atomic mass is 9.63. The molecule has 0 spiro atoms. The second kappa shape index (κ2) is 5.41. The Morgan fingerprint density at radius 3 is 2.56 bits per heavy atom. The molecule has 2 rings (SSSR count). The van der Waals surface area contributed by atoms with E-state index in [9.17, 15) is 0 Å². The Kier molecular flexibility index (Phi) is 4.08. The van der Waals surface area contributed by atoms with Crippen LogP contribution in [0.25, 0.3) is 0 Å². The molecule has 4 unspecified atom stereocenters. The zero-order chi connectivity index (χ0) is 13.2. The predicted octanol–water partition coefficient (Wildman–Crippen LogP) is 0.499. The van der Waals surface area contributed by atoms with Crippen LogP contribution in [0.4, 0.5) is 0 Å². The van der Waals surface area contributed by atoms with Gasteiger partial charge >= 0.3 is 0 Å². The molecule has 4 N–H and O–H groups in total. The van der Waals surface area contributed by atoms with Crippen LogP contribution in [0, 0.1) is 5.92 Å². The first-order valence-electron chi connectivity index (χ1n) is 7.27. The second-order valence-corrected chi connectivity index (χ2v) is 6.18. The van der Waals surface area contributed by atoms with Crippen molar-refractivity contribution in [1.29, 1.82) is 0 Å². The summed E-state index contributed by atoms with van der Waals surface area (Å²) in [7, 11) is 2.33. The highest BCUT2D eigenvalue weighted by molar-refractivity contribution is 5.27. The summed E-state index contributed by atoms with van der Waals surface area (Å²) in [6, 6.07) is 11.9. The fourth-order valence-corrected chi connectivity index (χ4v) is 3.78. The van der Waals surface area contributed by atoms with Gasteiger partial charge in [-0.25, -0.2) is 0 Å². The van der Waals surface area contributed by atoms with Gasteiger partial charge in [0.05, 0.1) is 26.2 Å². The summed E-state index contributed by atoms with van der Waals surface area (Å²) < 4.78 is 0. The number of hydrogen-bond acceptors (Lipinski definition) is 0. The average Bonchev–Trinajstić information content (AvgIpc) is 2.37. The molecule has 0 saturated carbocycles. The molecule has 1 aromatic rings. The van der Waals surface area contributed by atoms with Crippen molar-refractivity contribution in [2.45, 2.75) is 38.1 Å². The van der Waals surface area contributed by atoms with Gasteiger partial charge in [-0.2, -0.15) is 0 Å². The fraction of sp³-hybridized carbons (Fsp3) is 0.625. The third-order valence-electron chi connectivity index (χ3n) is 5.05. The minimum atomic E-state index is 0.349. The fourth-order valence-electron chi connectivity index (χ4n) is 3.78. The van der Waals surface area contributed by atoms with E-state index >= 15 is 0 Å². The number of piperidine rings is 1. The monoisotopic (exact) mass is 248 g/mol. The van der Waals surface area contributed by atoms with Crippen LogP contribution < -0.4 is 10.6 Å². The zero-order valence-corrected chi connectivity index (χ0v) is 12.1. The van der Waals surface area contributed by atoms with Crippen LogP contribution in [0.2, 0.25) is 0 Å². The summed E-state index contributed by atoms with van der Waals surface area (Å²) >= 11 is 0. The molecule has 0 radical (unpaired) electrons. The summed E-state index contributed by atoms with van der Waals surface area (Å²) in [6.07, 6.45) is 2.51. The second-order valence-electron chi connectivity index (χ2n) is 6.18. The molecule has 1 aliphatic rings. The van der Waals surface area contributed by atoms with Gasteiger partial charge in [0.1, 0.15) is 0 Å². The first-order chi connectivity index (χ1) is 8.60. The Morgan fingerprint density at radius 2 is 1.94 bits per heavy atom. The largest absolute Gasteiger partial charge is 0.358 e. The van der Waals surface area contributed by atoms with Gasteiger partial charge in [-0.1, -0.05) is 37.3 Å². The molecule has 1 fully saturated rings. The minimum Gasteiger partial charge on any atom is -0.358 e. The maximum atomic E-state index is 4.12. The average molecular weight is 248 g/mol. The van der Waals surface area contributed by atoms with Gasteiger partial charge in [-0.3, -0.25) is 0 Å². The number of likely N-dealkylation sites (tertiary alicyclic amines) is 1. The molecule has 0 amide bonds. The van der Waals surface area contributed by atoms with E-state index < -0.39 is 0 Å². The number of rotatable bonds is 3. The van der Waals surface area contributed by atoms with Crippen molar-refractivity contribution in [3.63, 3.8) is 0 Å². The van der Waals surface area contributed by atoms with Gasteiger partial charge in [-0.05, 0) is 12.5 Å². The maximum Gasteiger partial charge on any atom is 0.0852 e. The molecule has 0 aromatic heterocycles. The molecular formula is C16H28N2+2. The highest BCUT2D eigenvalue weighted by atomic mass is 15.1. The van der Waals surface area contributed by atoms with Crippen LogP contribution in [-0.2, 0) is 5.41 Å². The molecule has 4 atom stereocenters. The zero-order valence-electron chi connectivity index (χ0n) is 12.1. The lowest BCUT2D eigenvalue weighted by Crippen LogP contribution is -3.15. The quantitative estimate of drug-likeness (QED) is 0.781. The summed E-state index contributed by atoms with van der Waals surface area (Å²) in [5.41, 5.74) is 6.00. The Balaban J connectivity index is 2.37. The van der Waals surface area contributed by atoms with E-state index in [0.717, 1.165) is 18.5 Å². The van der Waals surface area contributed by atoms with Crippen molar-refractivity contribution in [2.24, 2.45) is 5.92 Å². The van der Waals surface area contributed by atoms with Gasteiger partial charge in [0, 0.05) is 24.2 Å². The molecular weight excluding hydrogens is 220 g/mol. The Morgan fingerprint density at radius 1 is 1.28 bits per heavy atom. The van der Waals surface area contributed by atoms with Gasteiger partial charge in [0.15, 0.2) is 0 Å². The van der Waals surface area contributed by atoms with Gasteiger partial charge in [-0.15, -0.1) is 0 Å². The molecule has 18 heavy (non-hydrogen) atoms. The highest BCUT2D eigenvalue weighted by Gasteiger charge is 2.45. The van der Waals surface area contributed by atoms with Gasteiger partial charge in [0.2, 0.25) is 0 Å². The third-order valence-corrected chi connectivity index (χ3v) is 5.05. The van der Waals surface area contributed by atoms with Crippen LogP contribution in [0.5, 0.6) is 0 Å². The number of benzene rings is 1. The predicted molar refractivity (Wildman–Crippen MR) is 75.5 cm³/mol.